The number of urea groups is 1. The van der Waals surface area contributed by atoms with E-state index in [0.29, 0.717) is 53.9 Å². The topological polar surface area (TPSA) is 83.4 Å². The lowest BCUT2D eigenvalue weighted by molar-refractivity contribution is 0.208. The minimum atomic E-state index is -0.191. The zero-order chi connectivity index (χ0) is 20.5. The summed E-state index contributed by atoms with van der Waals surface area (Å²) in [6.45, 7) is 3.93. The van der Waals surface area contributed by atoms with E-state index in [1.165, 1.54) is 4.57 Å². The molecule has 1 saturated heterocycles. The molecule has 4 rings (SSSR count). The number of nitrogens with one attached hydrogen (secondary N) is 1. The van der Waals surface area contributed by atoms with Crippen molar-refractivity contribution in [1.82, 2.24) is 19.4 Å². The zero-order valence-corrected chi connectivity index (χ0v) is 17.0. The first-order valence-corrected chi connectivity index (χ1v) is 9.70. The Morgan fingerprint density at radius 3 is 2.66 bits per heavy atom. The number of aryl methyl sites for hydroxylation is 2. The maximum absolute atomic E-state index is 12.7. The Labute approximate surface area is 172 Å². The number of amides is 2. The molecule has 1 fully saturated rings. The van der Waals surface area contributed by atoms with Crippen molar-refractivity contribution >= 4 is 40.3 Å². The molecule has 3 heterocycles. The number of pyridine rings is 1. The van der Waals surface area contributed by atoms with Crippen LogP contribution in [0.4, 0.5) is 16.3 Å². The third kappa shape index (κ3) is 3.75. The summed E-state index contributed by atoms with van der Waals surface area (Å²) in [6.07, 6.45) is 1.64. The highest BCUT2D eigenvalue weighted by Gasteiger charge is 2.24. The first-order chi connectivity index (χ1) is 13.9. The van der Waals surface area contributed by atoms with Gasteiger partial charge < -0.3 is 15.1 Å². The van der Waals surface area contributed by atoms with E-state index in [2.05, 4.69) is 15.3 Å². The maximum Gasteiger partial charge on any atom is 0.321 e. The Bertz CT molecular complexity index is 1140. The van der Waals surface area contributed by atoms with E-state index in [-0.39, 0.29) is 11.6 Å². The number of aromatic nitrogens is 3. The molecule has 2 aromatic heterocycles. The second-order valence-corrected chi connectivity index (χ2v) is 7.42. The summed E-state index contributed by atoms with van der Waals surface area (Å²) in [5.74, 6) is 0.387. The second-order valence-electron chi connectivity index (χ2n) is 7.01. The summed E-state index contributed by atoms with van der Waals surface area (Å²) in [5, 5.41) is 3.48. The predicted octanol–water partition coefficient (Wildman–Crippen LogP) is 2.64. The third-order valence-corrected chi connectivity index (χ3v) is 5.50. The Hall–Kier alpha value is -3.13. The molecular weight excluding hydrogens is 392 g/mol. The lowest BCUT2D eigenvalue weighted by atomic mass is 10.2. The van der Waals surface area contributed by atoms with Crippen LogP contribution in [0, 0.1) is 6.92 Å². The van der Waals surface area contributed by atoms with Crippen LogP contribution in [-0.4, -0.2) is 51.6 Å². The maximum atomic E-state index is 12.7. The summed E-state index contributed by atoms with van der Waals surface area (Å²) in [5.41, 5.74) is 2.64. The van der Waals surface area contributed by atoms with Crippen molar-refractivity contribution in [1.29, 1.82) is 0 Å². The molecule has 1 N–H and O–H groups in total. The predicted molar refractivity (Wildman–Crippen MR) is 114 cm³/mol. The normalized spacial score (nSPS) is 14.3. The SMILES string of the molecule is Cc1ccc(NC(=O)N2CCN(c3nc4cccnc4n(C)c3=O)CC2)cc1Cl. The summed E-state index contributed by atoms with van der Waals surface area (Å²) >= 11 is 6.12. The van der Waals surface area contributed by atoms with Crippen molar-refractivity contribution < 1.29 is 4.79 Å². The Morgan fingerprint density at radius 1 is 1.17 bits per heavy atom. The number of carbonyl (C=O) groups excluding carboxylic acids is 1. The summed E-state index contributed by atoms with van der Waals surface area (Å²) in [4.78, 5) is 37.7. The lowest BCUT2D eigenvalue weighted by Crippen LogP contribution is -2.51. The summed E-state index contributed by atoms with van der Waals surface area (Å²) in [6, 6.07) is 8.87. The van der Waals surface area contributed by atoms with Crippen molar-refractivity contribution in [3.8, 4) is 0 Å². The summed E-state index contributed by atoms with van der Waals surface area (Å²) < 4.78 is 1.51. The minimum absolute atomic E-state index is 0.187. The Morgan fingerprint density at radius 2 is 1.93 bits per heavy atom. The van der Waals surface area contributed by atoms with Gasteiger partial charge >= 0.3 is 6.03 Å². The first-order valence-electron chi connectivity index (χ1n) is 9.33. The van der Waals surface area contributed by atoms with Gasteiger partial charge in [0.15, 0.2) is 11.5 Å². The number of benzene rings is 1. The molecule has 0 saturated carbocycles. The van der Waals surface area contributed by atoms with Crippen molar-refractivity contribution in [2.24, 2.45) is 7.05 Å². The molecule has 2 amide bonds. The number of hydrogen-bond donors (Lipinski definition) is 1. The smallest absolute Gasteiger partial charge is 0.321 e. The second kappa shape index (κ2) is 7.71. The molecule has 150 valence electrons. The molecule has 1 aliphatic rings. The van der Waals surface area contributed by atoms with Crippen molar-refractivity contribution in [3.63, 3.8) is 0 Å². The fraction of sp³-hybridized carbons (Fsp3) is 0.300. The van der Waals surface area contributed by atoms with Gasteiger partial charge in [-0.2, -0.15) is 0 Å². The number of nitrogens with zero attached hydrogens (tertiary/aromatic N) is 5. The molecule has 8 nitrogen and oxygen atoms in total. The number of anilines is 2. The quantitative estimate of drug-likeness (QED) is 0.699. The van der Waals surface area contributed by atoms with E-state index in [1.807, 2.05) is 30.0 Å². The fourth-order valence-corrected chi connectivity index (χ4v) is 3.52. The van der Waals surface area contributed by atoms with Crippen LogP contribution in [0.1, 0.15) is 5.56 Å². The highest BCUT2D eigenvalue weighted by molar-refractivity contribution is 6.31. The monoisotopic (exact) mass is 412 g/mol. The number of hydrogen-bond acceptors (Lipinski definition) is 5. The van der Waals surface area contributed by atoms with Crippen LogP contribution in [0.15, 0.2) is 41.3 Å². The van der Waals surface area contributed by atoms with Crippen LogP contribution in [-0.2, 0) is 7.05 Å². The first kappa shape index (κ1) is 19.2. The highest BCUT2D eigenvalue weighted by Crippen LogP contribution is 2.20. The molecule has 0 radical (unpaired) electrons. The zero-order valence-electron chi connectivity index (χ0n) is 16.2. The van der Waals surface area contributed by atoms with Crippen LogP contribution >= 0.6 is 11.6 Å². The largest absolute Gasteiger partial charge is 0.348 e. The van der Waals surface area contributed by atoms with Gasteiger partial charge in [-0.1, -0.05) is 17.7 Å². The molecule has 0 bridgehead atoms. The fourth-order valence-electron chi connectivity index (χ4n) is 3.34. The number of rotatable bonds is 2. The molecule has 0 aliphatic carbocycles. The van der Waals surface area contributed by atoms with Crippen LogP contribution in [0.25, 0.3) is 11.2 Å². The van der Waals surface area contributed by atoms with Gasteiger partial charge in [0.05, 0.1) is 0 Å². The van der Waals surface area contributed by atoms with Crippen LogP contribution in [0.2, 0.25) is 5.02 Å². The van der Waals surface area contributed by atoms with E-state index in [1.54, 1.807) is 30.3 Å². The molecule has 29 heavy (non-hydrogen) atoms. The van der Waals surface area contributed by atoms with Gasteiger partial charge in [0, 0.05) is 50.1 Å². The van der Waals surface area contributed by atoms with E-state index < -0.39 is 0 Å². The number of piperazine rings is 1. The number of halogens is 1. The van der Waals surface area contributed by atoms with Crippen LogP contribution in [0.3, 0.4) is 0 Å². The van der Waals surface area contributed by atoms with Gasteiger partial charge in [0.2, 0.25) is 0 Å². The minimum Gasteiger partial charge on any atom is -0.348 e. The number of fused-ring (bicyclic) bond motifs is 1. The molecule has 1 aliphatic heterocycles. The van der Waals surface area contributed by atoms with E-state index in [4.69, 9.17) is 11.6 Å². The van der Waals surface area contributed by atoms with E-state index >= 15 is 0 Å². The van der Waals surface area contributed by atoms with E-state index in [9.17, 15) is 9.59 Å². The Balaban J connectivity index is 1.46. The molecule has 9 heteroatoms. The van der Waals surface area contributed by atoms with Gasteiger partial charge in [-0.15, -0.1) is 0 Å². The van der Waals surface area contributed by atoms with Crippen molar-refractivity contribution in [2.75, 3.05) is 36.4 Å². The lowest BCUT2D eigenvalue weighted by Gasteiger charge is -2.35. The standard InChI is InChI=1S/C20H21ClN6O2/c1-13-5-6-14(12-15(13)21)23-20(29)27-10-8-26(9-11-27)18-19(28)25(2)17-16(24-18)4-3-7-22-17/h3-7,12H,8-11H2,1-2H3,(H,23,29). The molecule has 0 spiro atoms. The van der Waals surface area contributed by atoms with Gasteiger partial charge in [0.25, 0.3) is 5.56 Å². The van der Waals surface area contributed by atoms with Gasteiger partial charge in [-0.05, 0) is 36.8 Å². The Kier molecular flexibility index (Phi) is 5.10. The molecule has 1 aromatic carbocycles. The van der Waals surface area contributed by atoms with Gasteiger partial charge in [-0.25, -0.2) is 14.8 Å². The molecular formula is C20H21ClN6O2. The van der Waals surface area contributed by atoms with Crippen molar-refractivity contribution in [3.05, 3.63) is 57.5 Å². The third-order valence-electron chi connectivity index (χ3n) is 5.10. The van der Waals surface area contributed by atoms with E-state index in [0.717, 1.165) is 5.56 Å². The van der Waals surface area contributed by atoms with Gasteiger partial charge in [0.1, 0.15) is 5.52 Å². The van der Waals surface area contributed by atoms with Crippen LogP contribution < -0.4 is 15.8 Å². The van der Waals surface area contributed by atoms with Gasteiger partial charge in [-0.3, -0.25) is 9.36 Å². The molecule has 0 atom stereocenters. The average molecular weight is 413 g/mol. The van der Waals surface area contributed by atoms with Crippen molar-refractivity contribution in [2.45, 2.75) is 6.92 Å². The van der Waals surface area contributed by atoms with Crippen LogP contribution in [0.5, 0.6) is 0 Å². The molecule has 0 unspecified atom stereocenters. The molecule has 3 aromatic rings. The number of carbonyl (C=O) groups is 1. The average Bonchev–Trinajstić information content (AvgIpc) is 2.73. The highest BCUT2D eigenvalue weighted by atomic mass is 35.5. The summed E-state index contributed by atoms with van der Waals surface area (Å²) in [7, 11) is 1.69.